The first kappa shape index (κ1) is 51.5. The molecule has 0 aromatic carbocycles. The minimum absolute atomic E-state index is 0.0357. The lowest BCUT2D eigenvalue weighted by molar-refractivity contribution is -0.300. The molecule has 3 unspecified atom stereocenters. The van der Waals surface area contributed by atoms with Crippen LogP contribution in [0.3, 0.4) is 0 Å². The Morgan fingerprint density at radius 3 is 2.36 bits per heavy atom. The number of rotatable bonds is 12. The molecule has 7 aliphatic rings. The Bertz CT molecular complexity index is 1790. The molecule has 66 heavy (non-hydrogen) atoms. The SMILES string of the molecule is CCC(C)[C@H]1O[C@]2(C=C[C@@H]1C)C[C@@H]1C[C@@H](C/C=C(\C)[C@@H](C3C[C@H](OC)[C@@H](C4C[C@H](OC)[C@H](OCOCCOC)[C@H](C)O4)[C@H](C)O3)[C@@H](C)/C=C/C=C3\CO[C@@H]4[C@H](O)C(C)=C[C@@H](C(=O)O1)[C@]34O)O2. The molecule has 4 fully saturated rings. The molecule has 14 heteroatoms. The Labute approximate surface area is 393 Å². The summed E-state index contributed by atoms with van der Waals surface area (Å²) in [6.45, 7) is 17.9. The van der Waals surface area contributed by atoms with Crippen LogP contribution >= 0.6 is 0 Å². The molecule has 20 atom stereocenters. The highest BCUT2D eigenvalue weighted by atomic mass is 16.7. The van der Waals surface area contributed by atoms with Crippen LogP contribution in [0, 0.1) is 35.5 Å². The Morgan fingerprint density at radius 1 is 0.894 bits per heavy atom. The van der Waals surface area contributed by atoms with Crippen LogP contribution in [0.5, 0.6) is 0 Å². The van der Waals surface area contributed by atoms with Crippen LogP contribution in [0.4, 0.5) is 0 Å². The van der Waals surface area contributed by atoms with Gasteiger partial charge in [0.05, 0.1) is 68.7 Å². The average molecular weight is 929 g/mol. The predicted molar refractivity (Wildman–Crippen MR) is 246 cm³/mol. The van der Waals surface area contributed by atoms with Gasteiger partial charge in [-0.2, -0.15) is 0 Å². The second-order valence-corrected chi connectivity index (χ2v) is 20.3. The number of esters is 1. The van der Waals surface area contributed by atoms with E-state index in [2.05, 4.69) is 59.8 Å². The minimum atomic E-state index is -1.82. The number of carbonyl (C=O) groups is 1. The van der Waals surface area contributed by atoms with Crippen LogP contribution in [-0.4, -0.2) is 149 Å². The summed E-state index contributed by atoms with van der Waals surface area (Å²) in [5.74, 6) is -2.46. The summed E-state index contributed by atoms with van der Waals surface area (Å²) in [6.07, 6.45) is 12.8. The molecule has 4 saturated heterocycles. The zero-order valence-electron chi connectivity index (χ0n) is 41.3. The standard InChI is InChI=1S/C52H80O14/c1-12-29(2)47-32(5)18-19-51(66-47)26-38-23-37(65-51)17-16-31(4)44(30(3)14-13-15-36-27-60-49-46(53)33(6)22-39(50(54)64-38)52(36,49)55)41-24-40(57-10)45(34(7)62-41)42-25-43(58-11)48(35(8)63-42)61-28-59-21-20-56-9/h13-16,18-19,22,29-30,32,34-35,37-49,53,55H,12,17,20-21,23-28H2,1-11H3/b14-13+,31-16+,36-15+/t29?,30-,32-,34-,35-,37+,38-,39-,40-,41?,42?,43-,44-,45-,46+,47+,48+,49+,51+,52+/m0/s1. The van der Waals surface area contributed by atoms with Crippen molar-refractivity contribution in [2.75, 3.05) is 47.9 Å². The molecule has 0 amide bonds. The number of fused-ring (bicyclic) bond motifs is 2. The fourth-order valence-corrected chi connectivity index (χ4v) is 12.1. The maximum atomic E-state index is 14.4. The smallest absolute Gasteiger partial charge is 0.316 e. The number of aliphatic hydroxyl groups is 2. The van der Waals surface area contributed by atoms with Crippen molar-refractivity contribution in [2.45, 2.75) is 179 Å². The molecule has 6 aliphatic heterocycles. The van der Waals surface area contributed by atoms with E-state index >= 15 is 0 Å². The fourth-order valence-electron chi connectivity index (χ4n) is 12.1. The van der Waals surface area contributed by atoms with E-state index in [1.165, 1.54) is 0 Å². The Balaban J connectivity index is 1.19. The van der Waals surface area contributed by atoms with E-state index < -0.39 is 41.6 Å². The van der Waals surface area contributed by atoms with Crippen LogP contribution in [0.2, 0.25) is 0 Å². The number of methoxy groups -OCH3 is 3. The van der Waals surface area contributed by atoms with Crippen molar-refractivity contribution in [3.63, 3.8) is 0 Å². The molecule has 0 aromatic heterocycles. The van der Waals surface area contributed by atoms with Gasteiger partial charge in [-0.1, -0.05) is 76.1 Å². The third-order valence-electron chi connectivity index (χ3n) is 15.9. The molecule has 2 N–H and O–H groups in total. The van der Waals surface area contributed by atoms with Crippen LogP contribution in [-0.2, 0) is 56.9 Å². The number of allylic oxidation sites excluding steroid dienone is 3. The van der Waals surface area contributed by atoms with E-state index in [0.717, 1.165) is 12.0 Å². The molecule has 7 rings (SSSR count). The molecular formula is C52H80O14. The minimum Gasteiger partial charge on any atom is -0.462 e. The Kier molecular flexibility index (Phi) is 17.3. The summed E-state index contributed by atoms with van der Waals surface area (Å²) in [4.78, 5) is 14.4. The van der Waals surface area contributed by atoms with Gasteiger partial charge in [0, 0.05) is 64.8 Å². The third-order valence-corrected chi connectivity index (χ3v) is 15.9. The summed E-state index contributed by atoms with van der Waals surface area (Å²) >= 11 is 0. The van der Waals surface area contributed by atoms with Crippen LogP contribution in [0.1, 0.15) is 93.9 Å². The molecule has 14 nitrogen and oxygen atoms in total. The Hall–Kier alpha value is -2.31. The highest BCUT2D eigenvalue weighted by molar-refractivity contribution is 5.78. The van der Waals surface area contributed by atoms with Gasteiger partial charge in [-0.05, 0) is 63.2 Å². The van der Waals surface area contributed by atoms with Gasteiger partial charge in [0.1, 0.15) is 42.7 Å². The van der Waals surface area contributed by atoms with Crippen molar-refractivity contribution in [3.05, 3.63) is 59.3 Å². The van der Waals surface area contributed by atoms with Gasteiger partial charge in [-0.3, -0.25) is 4.79 Å². The third kappa shape index (κ3) is 10.7. The summed E-state index contributed by atoms with van der Waals surface area (Å²) < 4.78 is 69.6. The number of aliphatic hydroxyl groups excluding tert-OH is 1. The lowest BCUT2D eigenvalue weighted by Gasteiger charge is -2.50. The second kappa shape index (κ2) is 22.2. The van der Waals surface area contributed by atoms with Crippen LogP contribution in [0.15, 0.2) is 59.3 Å². The number of carbonyl (C=O) groups excluding carboxylic acids is 1. The molecule has 0 radical (unpaired) electrons. The highest BCUT2D eigenvalue weighted by Crippen LogP contribution is 2.48. The van der Waals surface area contributed by atoms with Crippen molar-refractivity contribution < 1.29 is 67.1 Å². The molecule has 6 heterocycles. The zero-order valence-corrected chi connectivity index (χ0v) is 41.3. The van der Waals surface area contributed by atoms with Crippen molar-refractivity contribution in [1.82, 2.24) is 0 Å². The van der Waals surface area contributed by atoms with E-state index in [1.54, 1.807) is 34.3 Å². The Morgan fingerprint density at radius 2 is 1.64 bits per heavy atom. The molecular weight excluding hydrogens is 849 g/mol. The van der Waals surface area contributed by atoms with E-state index in [1.807, 2.05) is 25.2 Å². The maximum absolute atomic E-state index is 14.4. The van der Waals surface area contributed by atoms with Gasteiger partial charge in [0.2, 0.25) is 0 Å². The normalized spacial score (nSPS) is 46.9. The molecule has 2 bridgehead atoms. The number of hydrogen-bond acceptors (Lipinski definition) is 14. The first-order valence-electron chi connectivity index (χ1n) is 24.6. The lowest BCUT2D eigenvalue weighted by Crippen LogP contribution is -2.58. The van der Waals surface area contributed by atoms with Crippen molar-refractivity contribution >= 4 is 5.97 Å². The summed E-state index contributed by atoms with van der Waals surface area (Å²) in [6, 6.07) is 0. The number of hydrogen-bond donors (Lipinski definition) is 2. The van der Waals surface area contributed by atoms with E-state index in [-0.39, 0.29) is 97.9 Å². The van der Waals surface area contributed by atoms with E-state index in [4.69, 9.17) is 52.1 Å². The topological polar surface area (TPSA) is 159 Å². The molecule has 0 aromatic rings. The first-order chi connectivity index (χ1) is 31.6. The predicted octanol–water partition coefficient (Wildman–Crippen LogP) is 6.57. The van der Waals surface area contributed by atoms with E-state index in [9.17, 15) is 15.0 Å². The summed E-state index contributed by atoms with van der Waals surface area (Å²) in [7, 11) is 5.12. The van der Waals surface area contributed by atoms with Crippen molar-refractivity contribution in [3.8, 4) is 0 Å². The molecule has 0 saturated carbocycles. The van der Waals surface area contributed by atoms with Gasteiger partial charge < -0.3 is 62.3 Å². The maximum Gasteiger partial charge on any atom is 0.316 e. The highest BCUT2D eigenvalue weighted by Gasteiger charge is 2.60. The van der Waals surface area contributed by atoms with E-state index in [0.29, 0.717) is 56.5 Å². The molecule has 372 valence electrons. The van der Waals surface area contributed by atoms with Crippen molar-refractivity contribution in [2.24, 2.45) is 35.5 Å². The van der Waals surface area contributed by atoms with Crippen LogP contribution < -0.4 is 0 Å². The quantitative estimate of drug-likeness (QED) is 0.0937. The molecule has 1 aliphatic carbocycles. The lowest BCUT2D eigenvalue weighted by atomic mass is 9.71. The van der Waals surface area contributed by atoms with Crippen LogP contribution in [0.25, 0.3) is 0 Å². The monoisotopic (exact) mass is 929 g/mol. The molecule has 1 spiro atoms. The van der Waals surface area contributed by atoms with Gasteiger partial charge >= 0.3 is 5.97 Å². The summed E-state index contributed by atoms with van der Waals surface area (Å²) in [5, 5.41) is 23.9. The summed E-state index contributed by atoms with van der Waals surface area (Å²) in [5.41, 5.74) is 0.395. The largest absolute Gasteiger partial charge is 0.462 e. The van der Waals surface area contributed by atoms with Crippen molar-refractivity contribution in [1.29, 1.82) is 0 Å². The fraction of sp³-hybridized carbons (Fsp3) is 0.788. The first-order valence-corrected chi connectivity index (χ1v) is 24.6. The second-order valence-electron chi connectivity index (χ2n) is 20.3. The zero-order chi connectivity index (χ0) is 47.5. The van der Waals surface area contributed by atoms with Gasteiger partial charge in [0.15, 0.2) is 5.79 Å². The van der Waals surface area contributed by atoms with Gasteiger partial charge in [-0.15, -0.1) is 0 Å². The number of ether oxygens (including phenoxy) is 11. The van der Waals surface area contributed by atoms with Gasteiger partial charge in [-0.25, -0.2) is 0 Å². The van der Waals surface area contributed by atoms with Gasteiger partial charge in [0.25, 0.3) is 0 Å². The average Bonchev–Trinajstić information content (AvgIpc) is 3.63.